The smallest absolute Gasteiger partial charge is 0.220 e. The number of rotatable bonds is 56. The molecule has 1 amide bonds. The third-order valence-electron chi connectivity index (χ3n) is 15.5. The summed E-state index contributed by atoms with van der Waals surface area (Å²) in [5.74, 6) is -0.177. The molecule has 0 aromatic heterocycles. The van der Waals surface area contributed by atoms with Gasteiger partial charge in [0.05, 0.1) is 25.4 Å². The number of hydrogen-bond donors (Lipinski definition) is 6. The summed E-state index contributed by atoms with van der Waals surface area (Å²) in [7, 11) is 0. The van der Waals surface area contributed by atoms with Crippen molar-refractivity contribution in [2.45, 2.75) is 365 Å². The summed E-state index contributed by atoms with van der Waals surface area (Å²) in [6.45, 7) is 3.82. The van der Waals surface area contributed by atoms with Crippen LogP contribution in [0, 0.1) is 0 Å². The second kappa shape index (κ2) is 54.0. The Morgan fingerprint density at radius 2 is 0.767 bits per heavy atom. The van der Waals surface area contributed by atoms with Crippen molar-refractivity contribution in [3.8, 4) is 0 Å². The molecular weight excluding hydrogens is 911 g/mol. The van der Waals surface area contributed by atoms with Crippen molar-refractivity contribution < 1.29 is 39.8 Å². The number of aliphatic hydroxyl groups is 5. The maximum atomic E-state index is 13.1. The molecule has 0 bridgehead atoms. The number of hydrogen-bond acceptors (Lipinski definition) is 8. The second-order valence-corrected chi connectivity index (χ2v) is 22.6. The van der Waals surface area contributed by atoms with Crippen LogP contribution < -0.4 is 5.32 Å². The maximum absolute atomic E-state index is 13.1. The SMILES string of the molecule is CCCCCCCCC/C=C\CCCCCCCCCC(=O)NC(COC1OC(CO)C(O)C(O)C1O)C(O)/C=C/CCCCCCCCCCCCCCCCCCCCCCCCCCCCCCCC. The molecular formula is C64H123NO8. The molecule has 73 heavy (non-hydrogen) atoms. The van der Waals surface area contributed by atoms with Crippen LogP contribution in [0.3, 0.4) is 0 Å². The van der Waals surface area contributed by atoms with Gasteiger partial charge >= 0.3 is 0 Å². The number of unbranched alkanes of at least 4 members (excludes halogenated alkanes) is 44. The molecule has 0 saturated carbocycles. The molecule has 0 aromatic rings. The summed E-state index contributed by atoms with van der Waals surface area (Å²) in [4.78, 5) is 13.1. The van der Waals surface area contributed by atoms with Gasteiger partial charge in [0.2, 0.25) is 5.91 Å². The van der Waals surface area contributed by atoms with Gasteiger partial charge in [0.15, 0.2) is 6.29 Å². The number of carbonyl (C=O) groups is 1. The van der Waals surface area contributed by atoms with Crippen molar-refractivity contribution in [2.75, 3.05) is 13.2 Å². The first kappa shape index (κ1) is 69.7. The van der Waals surface area contributed by atoms with Gasteiger partial charge in [-0.1, -0.05) is 295 Å². The minimum absolute atomic E-state index is 0.177. The van der Waals surface area contributed by atoms with E-state index < -0.39 is 49.5 Å². The molecule has 0 aromatic carbocycles. The molecule has 9 heteroatoms. The van der Waals surface area contributed by atoms with Gasteiger partial charge in [-0.3, -0.25) is 4.79 Å². The van der Waals surface area contributed by atoms with E-state index in [1.165, 1.54) is 263 Å². The van der Waals surface area contributed by atoms with Gasteiger partial charge in [-0.15, -0.1) is 0 Å². The Labute approximate surface area is 451 Å². The minimum atomic E-state index is -1.57. The van der Waals surface area contributed by atoms with Crippen molar-refractivity contribution >= 4 is 5.91 Å². The molecule has 1 fully saturated rings. The molecule has 1 rings (SSSR count). The van der Waals surface area contributed by atoms with Crippen LogP contribution in [0.4, 0.5) is 0 Å². The van der Waals surface area contributed by atoms with Crippen LogP contribution in [0.1, 0.15) is 322 Å². The Bertz CT molecular complexity index is 1200. The first-order chi connectivity index (χ1) is 35.8. The lowest BCUT2D eigenvalue weighted by Crippen LogP contribution is -2.60. The van der Waals surface area contributed by atoms with Gasteiger partial charge in [0.1, 0.15) is 24.4 Å². The van der Waals surface area contributed by atoms with E-state index in [1.54, 1.807) is 6.08 Å². The molecule has 6 N–H and O–H groups in total. The Morgan fingerprint density at radius 1 is 0.452 bits per heavy atom. The topological polar surface area (TPSA) is 149 Å². The lowest BCUT2D eigenvalue weighted by Gasteiger charge is -2.40. The summed E-state index contributed by atoms with van der Waals surface area (Å²) < 4.78 is 11.3. The highest BCUT2D eigenvalue weighted by molar-refractivity contribution is 5.76. The zero-order chi connectivity index (χ0) is 52.9. The van der Waals surface area contributed by atoms with Gasteiger partial charge < -0.3 is 40.3 Å². The van der Waals surface area contributed by atoms with Gasteiger partial charge in [0, 0.05) is 6.42 Å². The normalized spacial score (nSPS) is 19.1. The molecule has 7 unspecified atom stereocenters. The number of carbonyl (C=O) groups excluding carboxylic acids is 1. The quantitative estimate of drug-likeness (QED) is 0.0261. The van der Waals surface area contributed by atoms with E-state index in [4.69, 9.17) is 9.47 Å². The van der Waals surface area contributed by atoms with Crippen molar-refractivity contribution in [1.29, 1.82) is 0 Å². The molecule has 0 aliphatic carbocycles. The fourth-order valence-electron chi connectivity index (χ4n) is 10.4. The highest BCUT2D eigenvalue weighted by Gasteiger charge is 2.44. The Hall–Kier alpha value is -1.33. The average molecular weight is 1030 g/mol. The first-order valence-corrected chi connectivity index (χ1v) is 32.1. The van der Waals surface area contributed by atoms with Crippen molar-refractivity contribution in [3.63, 3.8) is 0 Å². The highest BCUT2D eigenvalue weighted by Crippen LogP contribution is 2.23. The fourth-order valence-corrected chi connectivity index (χ4v) is 10.4. The first-order valence-electron chi connectivity index (χ1n) is 32.1. The lowest BCUT2D eigenvalue weighted by molar-refractivity contribution is -0.302. The zero-order valence-corrected chi connectivity index (χ0v) is 48.2. The molecule has 9 nitrogen and oxygen atoms in total. The molecule has 1 saturated heterocycles. The number of nitrogens with one attached hydrogen (secondary N) is 1. The van der Waals surface area contributed by atoms with Gasteiger partial charge in [-0.05, 0) is 44.9 Å². The van der Waals surface area contributed by atoms with Gasteiger partial charge in [0.25, 0.3) is 0 Å². The number of amides is 1. The van der Waals surface area contributed by atoms with Crippen LogP contribution >= 0.6 is 0 Å². The highest BCUT2D eigenvalue weighted by atomic mass is 16.7. The third-order valence-corrected chi connectivity index (χ3v) is 15.5. The van der Waals surface area contributed by atoms with E-state index in [0.717, 1.165) is 38.5 Å². The zero-order valence-electron chi connectivity index (χ0n) is 48.2. The molecule has 432 valence electrons. The maximum Gasteiger partial charge on any atom is 0.220 e. The predicted molar refractivity (Wildman–Crippen MR) is 309 cm³/mol. The summed E-state index contributed by atoms with van der Waals surface area (Å²) in [5, 5.41) is 54.6. The molecule has 1 aliphatic rings. The van der Waals surface area contributed by atoms with Crippen LogP contribution in [-0.2, 0) is 14.3 Å². The average Bonchev–Trinajstić information content (AvgIpc) is 3.39. The van der Waals surface area contributed by atoms with Gasteiger partial charge in [-0.2, -0.15) is 0 Å². The van der Waals surface area contributed by atoms with Gasteiger partial charge in [-0.25, -0.2) is 0 Å². The van der Waals surface area contributed by atoms with Crippen LogP contribution in [-0.4, -0.2) is 87.5 Å². The molecule has 1 aliphatic heterocycles. The number of ether oxygens (including phenoxy) is 2. The van der Waals surface area contributed by atoms with Crippen molar-refractivity contribution in [3.05, 3.63) is 24.3 Å². The summed E-state index contributed by atoms with van der Waals surface area (Å²) >= 11 is 0. The molecule has 1 heterocycles. The summed E-state index contributed by atoms with van der Waals surface area (Å²) in [6, 6.07) is -0.806. The van der Waals surface area contributed by atoms with E-state index in [-0.39, 0.29) is 12.5 Å². The Morgan fingerprint density at radius 3 is 1.11 bits per heavy atom. The monoisotopic (exact) mass is 1030 g/mol. The van der Waals surface area contributed by atoms with E-state index in [9.17, 15) is 30.3 Å². The van der Waals surface area contributed by atoms with E-state index in [0.29, 0.717) is 6.42 Å². The van der Waals surface area contributed by atoms with E-state index in [1.807, 2.05) is 6.08 Å². The fraction of sp³-hybridized carbons (Fsp3) is 0.922. The largest absolute Gasteiger partial charge is 0.394 e. The number of aliphatic hydroxyl groups excluding tert-OH is 5. The number of allylic oxidation sites excluding steroid dienone is 3. The van der Waals surface area contributed by atoms with E-state index >= 15 is 0 Å². The molecule has 0 spiro atoms. The van der Waals surface area contributed by atoms with E-state index in [2.05, 4.69) is 31.3 Å². The molecule has 7 atom stereocenters. The standard InChI is InChI=1S/C64H123NO8/c1-3-5-7-9-11-13-15-17-19-21-23-24-25-26-27-28-29-30-31-32-33-34-35-36-37-39-41-43-45-47-49-51-53-58(67)57(56-72-64-63(71)62(70)61(69)59(55-66)73-64)65-60(68)54-52-50-48-46-44-42-40-38-22-20-18-16-14-12-10-8-6-4-2/h20,22,51,53,57-59,61-64,66-67,69-71H,3-19,21,23-50,52,54-56H2,1-2H3,(H,65,68)/b22-20-,53-51+. The van der Waals surface area contributed by atoms with Crippen molar-refractivity contribution in [2.24, 2.45) is 0 Å². The minimum Gasteiger partial charge on any atom is -0.394 e. The Balaban J connectivity index is 2.14. The van der Waals surface area contributed by atoms with Crippen LogP contribution in [0.5, 0.6) is 0 Å². The van der Waals surface area contributed by atoms with Crippen LogP contribution in [0.2, 0.25) is 0 Å². The molecule has 0 radical (unpaired) electrons. The van der Waals surface area contributed by atoms with Crippen molar-refractivity contribution in [1.82, 2.24) is 5.32 Å². The third kappa shape index (κ3) is 43.4. The lowest BCUT2D eigenvalue weighted by atomic mass is 9.99. The Kier molecular flexibility index (Phi) is 51.6. The predicted octanol–water partition coefficient (Wildman–Crippen LogP) is 16.5. The van der Waals surface area contributed by atoms with Crippen LogP contribution in [0.15, 0.2) is 24.3 Å². The summed E-state index contributed by atoms with van der Waals surface area (Å²) in [5.41, 5.74) is 0. The summed E-state index contributed by atoms with van der Waals surface area (Å²) in [6.07, 6.45) is 62.7. The van der Waals surface area contributed by atoms with Crippen LogP contribution in [0.25, 0.3) is 0 Å². The second-order valence-electron chi connectivity index (χ2n) is 22.6.